The molecule has 1 aromatic carbocycles. The highest BCUT2D eigenvalue weighted by atomic mass is 19.1. The van der Waals surface area contributed by atoms with Gasteiger partial charge in [0.1, 0.15) is 5.82 Å². The Morgan fingerprint density at radius 3 is 2.63 bits per heavy atom. The zero-order valence-corrected chi connectivity index (χ0v) is 10.2. The third-order valence-corrected chi connectivity index (χ3v) is 2.43. The van der Waals surface area contributed by atoms with E-state index in [1.54, 1.807) is 0 Å². The number of hydrogen-bond donors (Lipinski definition) is 2. The zero-order chi connectivity index (χ0) is 14.6. The number of rotatable bonds is 5. The first-order valence-electron chi connectivity index (χ1n) is 5.56. The number of halogens is 2. The van der Waals surface area contributed by atoms with Gasteiger partial charge in [0.25, 0.3) is 0 Å². The van der Waals surface area contributed by atoms with Gasteiger partial charge in [-0.2, -0.15) is 4.39 Å². The number of carbonyl (C=O) groups excluding carboxylic acids is 1. The van der Waals surface area contributed by atoms with Crippen molar-refractivity contribution in [1.82, 2.24) is 0 Å². The number of nitrogens with zero attached hydrogens (tertiary/aromatic N) is 1. The number of amides is 1. The van der Waals surface area contributed by atoms with Crippen LogP contribution in [0.1, 0.15) is 19.8 Å². The molecule has 0 aliphatic rings. The summed E-state index contributed by atoms with van der Waals surface area (Å²) in [5, 5.41) is 12.6. The minimum absolute atomic E-state index is 0.346. The Morgan fingerprint density at radius 2 is 2.11 bits per heavy atom. The Bertz CT molecular complexity index is 508. The van der Waals surface area contributed by atoms with Gasteiger partial charge in [0.2, 0.25) is 11.7 Å². The van der Waals surface area contributed by atoms with Crippen LogP contribution >= 0.6 is 0 Å². The summed E-state index contributed by atoms with van der Waals surface area (Å²) >= 11 is 0. The van der Waals surface area contributed by atoms with Gasteiger partial charge in [0, 0.05) is 12.1 Å². The van der Waals surface area contributed by atoms with E-state index in [4.69, 9.17) is 5.73 Å². The van der Waals surface area contributed by atoms with Crippen molar-refractivity contribution in [2.24, 2.45) is 5.73 Å². The lowest BCUT2D eigenvalue weighted by atomic mass is 10.1. The van der Waals surface area contributed by atoms with Crippen LogP contribution in [0.4, 0.5) is 20.2 Å². The molecule has 1 atom stereocenters. The van der Waals surface area contributed by atoms with Crippen molar-refractivity contribution in [2.45, 2.75) is 25.8 Å². The van der Waals surface area contributed by atoms with Crippen LogP contribution in [0.15, 0.2) is 12.1 Å². The second-order valence-electron chi connectivity index (χ2n) is 3.92. The Kier molecular flexibility index (Phi) is 4.87. The van der Waals surface area contributed by atoms with Crippen molar-refractivity contribution in [2.75, 3.05) is 5.32 Å². The molecule has 8 heteroatoms. The number of nitro benzene ring substituents is 1. The predicted molar refractivity (Wildman–Crippen MR) is 64.5 cm³/mol. The molecule has 19 heavy (non-hydrogen) atoms. The Morgan fingerprint density at radius 1 is 1.47 bits per heavy atom. The first-order chi connectivity index (χ1) is 8.86. The van der Waals surface area contributed by atoms with Crippen LogP contribution < -0.4 is 11.1 Å². The maximum absolute atomic E-state index is 13.4. The summed E-state index contributed by atoms with van der Waals surface area (Å²) < 4.78 is 26.5. The van der Waals surface area contributed by atoms with Crippen LogP contribution in [-0.4, -0.2) is 16.9 Å². The van der Waals surface area contributed by atoms with Crippen molar-refractivity contribution in [3.8, 4) is 0 Å². The van der Waals surface area contributed by atoms with Gasteiger partial charge in [-0.25, -0.2) is 4.39 Å². The van der Waals surface area contributed by atoms with Crippen molar-refractivity contribution in [1.29, 1.82) is 0 Å². The molecule has 0 spiro atoms. The van der Waals surface area contributed by atoms with E-state index in [0.717, 1.165) is 0 Å². The Labute approximate surface area is 107 Å². The summed E-state index contributed by atoms with van der Waals surface area (Å²) in [6.07, 6.45) is 1.04. The molecule has 104 valence electrons. The van der Waals surface area contributed by atoms with Gasteiger partial charge >= 0.3 is 5.69 Å². The molecular weight excluding hydrogens is 260 g/mol. The van der Waals surface area contributed by atoms with Gasteiger partial charge in [-0.3, -0.25) is 14.9 Å². The zero-order valence-electron chi connectivity index (χ0n) is 10.2. The normalized spacial score (nSPS) is 12.0. The highest BCUT2D eigenvalue weighted by Gasteiger charge is 2.21. The van der Waals surface area contributed by atoms with E-state index in [0.29, 0.717) is 25.0 Å². The molecule has 0 saturated carbocycles. The number of hydrogen-bond acceptors (Lipinski definition) is 4. The molecule has 0 aliphatic heterocycles. The van der Waals surface area contributed by atoms with Crippen LogP contribution in [0.25, 0.3) is 0 Å². The maximum atomic E-state index is 13.4. The average Bonchev–Trinajstić information content (AvgIpc) is 2.32. The van der Waals surface area contributed by atoms with Crippen molar-refractivity contribution >= 4 is 17.3 Å². The number of nitro groups is 1. The summed E-state index contributed by atoms with van der Waals surface area (Å²) in [7, 11) is 0. The van der Waals surface area contributed by atoms with E-state index in [9.17, 15) is 23.7 Å². The van der Waals surface area contributed by atoms with Crippen LogP contribution in [-0.2, 0) is 4.79 Å². The molecule has 6 nitrogen and oxygen atoms in total. The summed E-state index contributed by atoms with van der Waals surface area (Å²) in [6.45, 7) is 1.82. The first kappa shape index (κ1) is 15.0. The molecule has 0 bridgehead atoms. The van der Waals surface area contributed by atoms with Crippen LogP contribution in [0.3, 0.4) is 0 Å². The van der Waals surface area contributed by atoms with Gasteiger partial charge in [-0.15, -0.1) is 0 Å². The molecule has 0 fully saturated rings. The second-order valence-corrected chi connectivity index (χ2v) is 3.92. The Hall–Kier alpha value is -2.09. The fraction of sp³-hybridized carbons (Fsp3) is 0.364. The van der Waals surface area contributed by atoms with Gasteiger partial charge in [-0.1, -0.05) is 13.3 Å². The third kappa shape index (κ3) is 3.68. The summed E-state index contributed by atoms with van der Waals surface area (Å²) in [5.74, 6) is -3.08. The number of nitrogens with two attached hydrogens (primary N) is 1. The molecule has 0 unspecified atom stereocenters. The van der Waals surface area contributed by atoms with E-state index in [2.05, 4.69) is 5.32 Å². The smallest absolute Gasteiger partial charge is 0.307 e. The maximum Gasteiger partial charge on any atom is 0.307 e. The van der Waals surface area contributed by atoms with E-state index in [1.165, 1.54) is 0 Å². The van der Waals surface area contributed by atoms with Gasteiger partial charge in [0.15, 0.2) is 0 Å². The molecule has 0 aliphatic carbocycles. The predicted octanol–water partition coefficient (Wildman–Crippen LogP) is 1.94. The lowest BCUT2D eigenvalue weighted by molar-refractivity contribution is -0.387. The van der Waals surface area contributed by atoms with E-state index in [-0.39, 0.29) is 0 Å². The van der Waals surface area contributed by atoms with E-state index < -0.39 is 39.9 Å². The summed E-state index contributed by atoms with van der Waals surface area (Å²) in [6, 6.07) is 0.119. The standard InChI is InChI=1S/C11H13F2N3O3/c1-2-3-8(14)11(17)15-9-5-10(16(18)19)7(13)4-6(9)12/h4-5,8H,2-3,14H2,1H3,(H,15,17)/t8-/m0/s1. The van der Waals surface area contributed by atoms with Crippen LogP contribution in [0.5, 0.6) is 0 Å². The Balaban J connectivity index is 2.98. The van der Waals surface area contributed by atoms with Crippen molar-refractivity contribution in [3.63, 3.8) is 0 Å². The molecule has 0 aromatic heterocycles. The van der Waals surface area contributed by atoms with Crippen molar-refractivity contribution in [3.05, 3.63) is 33.9 Å². The topological polar surface area (TPSA) is 98.3 Å². The van der Waals surface area contributed by atoms with Crippen molar-refractivity contribution < 1.29 is 18.5 Å². The fourth-order valence-electron chi connectivity index (χ4n) is 1.44. The van der Waals surface area contributed by atoms with Gasteiger partial charge in [-0.05, 0) is 6.42 Å². The molecule has 1 rings (SSSR count). The van der Waals surface area contributed by atoms with E-state index >= 15 is 0 Å². The highest BCUT2D eigenvalue weighted by molar-refractivity contribution is 5.95. The molecule has 0 radical (unpaired) electrons. The third-order valence-electron chi connectivity index (χ3n) is 2.43. The van der Waals surface area contributed by atoms with E-state index in [1.807, 2.05) is 6.92 Å². The molecule has 3 N–H and O–H groups in total. The molecule has 0 heterocycles. The number of carbonyl (C=O) groups is 1. The van der Waals surface area contributed by atoms with Gasteiger partial charge < -0.3 is 11.1 Å². The molecular formula is C11H13F2N3O3. The van der Waals surface area contributed by atoms with Gasteiger partial charge in [0.05, 0.1) is 16.7 Å². The van der Waals surface area contributed by atoms with Crippen LogP contribution in [0, 0.1) is 21.7 Å². The summed E-state index contributed by atoms with van der Waals surface area (Å²) in [4.78, 5) is 21.1. The SMILES string of the molecule is CCC[C@H](N)C(=O)Nc1cc([N+](=O)[O-])c(F)cc1F. The average molecular weight is 273 g/mol. The first-order valence-corrected chi connectivity index (χ1v) is 5.56. The lowest BCUT2D eigenvalue weighted by Crippen LogP contribution is -2.35. The largest absolute Gasteiger partial charge is 0.322 e. The molecule has 1 aromatic rings. The minimum atomic E-state index is -1.31. The molecule has 1 amide bonds. The number of nitrogens with one attached hydrogen (secondary N) is 1. The highest BCUT2D eigenvalue weighted by Crippen LogP contribution is 2.25. The minimum Gasteiger partial charge on any atom is -0.322 e. The molecule has 0 saturated heterocycles. The quantitative estimate of drug-likeness (QED) is 0.632. The monoisotopic (exact) mass is 273 g/mol. The fourth-order valence-corrected chi connectivity index (χ4v) is 1.44. The lowest BCUT2D eigenvalue weighted by Gasteiger charge is -2.11. The second kappa shape index (κ2) is 6.19. The number of anilines is 1. The van der Waals surface area contributed by atoms with Crippen LogP contribution in [0.2, 0.25) is 0 Å². The number of benzene rings is 1. The summed E-state index contributed by atoms with van der Waals surface area (Å²) in [5.41, 5.74) is 4.13.